The van der Waals surface area contributed by atoms with Crippen LogP contribution >= 0.6 is 0 Å². The summed E-state index contributed by atoms with van der Waals surface area (Å²) in [5, 5.41) is 28.6. The first-order chi connectivity index (χ1) is 9.61. The molecular formula is C16H30O4. The summed E-state index contributed by atoms with van der Waals surface area (Å²) >= 11 is 0. The average molecular weight is 286 g/mol. The van der Waals surface area contributed by atoms with Crippen molar-refractivity contribution in [1.82, 2.24) is 0 Å². The Bertz CT molecular complexity index is 280. The van der Waals surface area contributed by atoms with Crippen LogP contribution in [-0.4, -0.2) is 46.3 Å². The van der Waals surface area contributed by atoms with Crippen molar-refractivity contribution < 1.29 is 20.1 Å². The van der Waals surface area contributed by atoms with E-state index in [0.29, 0.717) is 0 Å². The first-order valence-electron chi connectivity index (χ1n) is 7.92. The van der Waals surface area contributed by atoms with E-state index < -0.39 is 24.4 Å². The van der Waals surface area contributed by atoms with E-state index in [1.54, 1.807) is 0 Å². The monoisotopic (exact) mass is 286 g/mol. The van der Waals surface area contributed by atoms with Gasteiger partial charge in [-0.05, 0) is 18.4 Å². The quantitative estimate of drug-likeness (QED) is 0.425. The molecule has 118 valence electrons. The average Bonchev–Trinajstić information content (AvgIpc) is 2.74. The molecule has 1 unspecified atom stereocenters. The van der Waals surface area contributed by atoms with Crippen LogP contribution in [0.5, 0.6) is 0 Å². The molecule has 4 nitrogen and oxygen atoms in total. The molecule has 1 aliphatic heterocycles. The molecule has 1 heterocycles. The molecule has 0 aromatic carbocycles. The lowest BCUT2D eigenvalue weighted by Gasteiger charge is -2.17. The predicted molar refractivity (Wildman–Crippen MR) is 79.5 cm³/mol. The topological polar surface area (TPSA) is 69.9 Å². The van der Waals surface area contributed by atoms with Crippen molar-refractivity contribution in [3.63, 3.8) is 0 Å². The van der Waals surface area contributed by atoms with Crippen LogP contribution in [-0.2, 0) is 4.74 Å². The minimum atomic E-state index is -1.02. The maximum atomic E-state index is 9.88. The molecule has 0 aromatic heterocycles. The zero-order chi connectivity index (χ0) is 15.0. The first kappa shape index (κ1) is 17.6. The number of rotatable bonds is 10. The van der Waals surface area contributed by atoms with Crippen molar-refractivity contribution in [2.24, 2.45) is 0 Å². The van der Waals surface area contributed by atoms with E-state index in [2.05, 4.69) is 13.5 Å². The van der Waals surface area contributed by atoms with E-state index in [1.165, 1.54) is 32.1 Å². The molecule has 4 heteroatoms. The number of hydrogen-bond acceptors (Lipinski definition) is 4. The van der Waals surface area contributed by atoms with Crippen LogP contribution in [0, 0.1) is 0 Å². The predicted octanol–water partition coefficient (Wildman–Crippen LogP) is 2.16. The van der Waals surface area contributed by atoms with Gasteiger partial charge in [-0.25, -0.2) is 0 Å². The molecule has 0 saturated carbocycles. The van der Waals surface area contributed by atoms with Crippen molar-refractivity contribution >= 4 is 0 Å². The normalized spacial score (nSPS) is 29.8. The van der Waals surface area contributed by atoms with Crippen LogP contribution in [0.25, 0.3) is 0 Å². The maximum absolute atomic E-state index is 9.88. The second-order valence-corrected chi connectivity index (χ2v) is 5.79. The summed E-state index contributed by atoms with van der Waals surface area (Å²) in [5.74, 6) is 0. The minimum absolute atomic E-state index is 0.278. The standard InChI is InChI=1S/C16H30O4/c1-3-4-5-6-7-8-9-10-12(2)16-15(19)14(18)13(11-17)20-16/h13-19H,2-11H2,1H3/t13-,14-,15+,16?/m1/s1. The van der Waals surface area contributed by atoms with Gasteiger partial charge in [0.05, 0.1) is 6.61 Å². The highest BCUT2D eigenvalue weighted by Gasteiger charge is 2.43. The Hall–Kier alpha value is -0.420. The van der Waals surface area contributed by atoms with E-state index in [4.69, 9.17) is 9.84 Å². The molecule has 0 spiro atoms. The van der Waals surface area contributed by atoms with Gasteiger partial charge in [0.2, 0.25) is 0 Å². The summed E-state index contributed by atoms with van der Waals surface area (Å²) in [6, 6.07) is 0. The van der Waals surface area contributed by atoms with Crippen LogP contribution in [0.1, 0.15) is 58.3 Å². The SMILES string of the molecule is C=C(CCCCCCCCC)C1O[C@H](CO)[C@@H](O)[C@@H]1O. The van der Waals surface area contributed by atoms with Crippen molar-refractivity contribution in [2.75, 3.05) is 6.61 Å². The molecule has 4 atom stereocenters. The second-order valence-electron chi connectivity index (χ2n) is 5.79. The lowest BCUT2D eigenvalue weighted by Crippen LogP contribution is -2.34. The second kappa shape index (κ2) is 9.50. The molecule has 0 bridgehead atoms. The summed E-state index contributed by atoms with van der Waals surface area (Å²) in [6.45, 7) is 5.89. The first-order valence-corrected chi connectivity index (χ1v) is 7.92. The number of hydrogen-bond donors (Lipinski definition) is 3. The third-order valence-electron chi connectivity index (χ3n) is 4.05. The fourth-order valence-corrected chi connectivity index (χ4v) is 2.69. The number of unbranched alkanes of at least 4 members (excludes halogenated alkanes) is 6. The maximum Gasteiger partial charge on any atom is 0.112 e. The van der Waals surface area contributed by atoms with E-state index in [9.17, 15) is 10.2 Å². The fraction of sp³-hybridized carbons (Fsp3) is 0.875. The molecule has 1 aliphatic rings. The number of aliphatic hydroxyl groups is 3. The largest absolute Gasteiger partial charge is 0.394 e. The van der Waals surface area contributed by atoms with Crippen molar-refractivity contribution in [3.8, 4) is 0 Å². The van der Waals surface area contributed by atoms with Gasteiger partial charge >= 0.3 is 0 Å². The Morgan fingerprint density at radius 1 is 1.00 bits per heavy atom. The van der Waals surface area contributed by atoms with Crippen LogP contribution in [0.15, 0.2) is 12.2 Å². The highest BCUT2D eigenvalue weighted by molar-refractivity contribution is 5.11. The molecule has 0 amide bonds. The molecule has 0 aliphatic carbocycles. The smallest absolute Gasteiger partial charge is 0.112 e. The van der Waals surface area contributed by atoms with Gasteiger partial charge in [-0.3, -0.25) is 0 Å². The van der Waals surface area contributed by atoms with Crippen LogP contribution in [0.2, 0.25) is 0 Å². The van der Waals surface area contributed by atoms with Gasteiger partial charge in [0.25, 0.3) is 0 Å². The molecule has 1 rings (SSSR count). The summed E-state index contributed by atoms with van der Waals surface area (Å²) in [4.78, 5) is 0. The molecule has 1 saturated heterocycles. The summed E-state index contributed by atoms with van der Waals surface area (Å²) in [7, 11) is 0. The molecule has 3 N–H and O–H groups in total. The Morgan fingerprint density at radius 3 is 2.15 bits per heavy atom. The molecular weight excluding hydrogens is 256 g/mol. The van der Waals surface area contributed by atoms with Gasteiger partial charge in [0, 0.05) is 0 Å². The van der Waals surface area contributed by atoms with Crippen LogP contribution < -0.4 is 0 Å². The van der Waals surface area contributed by atoms with E-state index in [0.717, 1.165) is 24.8 Å². The zero-order valence-electron chi connectivity index (χ0n) is 12.6. The van der Waals surface area contributed by atoms with Gasteiger partial charge in [-0.1, -0.05) is 52.0 Å². The molecule has 0 radical (unpaired) electrons. The summed E-state index contributed by atoms with van der Waals surface area (Å²) in [6.07, 6.45) is 6.21. The summed E-state index contributed by atoms with van der Waals surface area (Å²) in [5.41, 5.74) is 0.820. The van der Waals surface area contributed by atoms with Gasteiger partial charge in [-0.15, -0.1) is 0 Å². The third-order valence-corrected chi connectivity index (χ3v) is 4.05. The minimum Gasteiger partial charge on any atom is -0.394 e. The van der Waals surface area contributed by atoms with E-state index in [1.807, 2.05) is 0 Å². The zero-order valence-corrected chi connectivity index (χ0v) is 12.6. The lowest BCUT2D eigenvalue weighted by atomic mass is 9.98. The van der Waals surface area contributed by atoms with E-state index in [-0.39, 0.29) is 6.61 Å². The molecule has 20 heavy (non-hydrogen) atoms. The Kier molecular flexibility index (Phi) is 8.38. The molecule has 1 fully saturated rings. The Labute approximate surface area is 122 Å². The van der Waals surface area contributed by atoms with Gasteiger partial charge in [-0.2, -0.15) is 0 Å². The fourth-order valence-electron chi connectivity index (χ4n) is 2.69. The third kappa shape index (κ3) is 5.17. The molecule has 0 aromatic rings. The van der Waals surface area contributed by atoms with Crippen molar-refractivity contribution in [1.29, 1.82) is 0 Å². The van der Waals surface area contributed by atoms with E-state index >= 15 is 0 Å². The van der Waals surface area contributed by atoms with Gasteiger partial charge in [0.1, 0.15) is 24.4 Å². The van der Waals surface area contributed by atoms with Crippen molar-refractivity contribution in [2.45, 2.75) is 82.7 Å². The Morgan fingerprint density at radius 2 is 1.60 bits per heavy atom. The highest BCUT2D eigenvalue weighted by atomic mass is 16.6. The van der Waals surface area contributed by atoms with Gasteiger partial charge in [0.15, 0.2) is 0 Å². The Balaban J connectivity index is 2.17. The number of ether oxygens (including phenoxy) is 1. The van der Waals surface area contributed by atoms with Crippen LogP contribution in [0.3, 0.4) is 0 Å². The highest BCUT2D eigenvalue weighted by Crippen LogP contribution is 2.28. The lowest BCUT2D eigenvalue weighted by molar-refractivity contribution is -0.0143. The van der Waals surface area contributed by atoms with Crippen molar-refractivity contribution in [3.05, 3.63) is 12.2 Å². The number of aliphatic hydroxyl groups excluding tert-OH is 3. The summed E-state index contributed by atoms with van der Waals surface area (Å²) < 4.78 is 5.46. The van der Waals surface area contributed by atoms with Gasteiger partial charge < -0.3 is 20.1 Å². The van der Waals surface area contributed by atoms with Crippen LogP contribution in [0.4, 0.5) is 0 Å².